The molecule has 2 amide bonds. The largest absolute Gasteiger partial charge is 0.346 e. The fourth-order valence-corrected chi connectivity index (χ4v) is 2.98. The molecule has 6 heteroatoms. The third-order valence-electron chi connectivity index (χ3n) is 3.21. The standard InChI is InChI=1S/C15H11N3O2S/c16-6-3-7-18-9-10(11-4-1-2-5-12(11)18)8-13-14(19)17-15(20)21-13/h1-2,4-5,8-9H,3,7H2,(H,17,19,20)/b13-8+. The molecular weight excluding hydrogens is 286 g/mol. The Labute approximate surface area is 125 Å². The van der Waals surface area contributed by atoms with Gasteiger partial charge in [-0.15, -0.1) is 0 Å². The normalized spacial score (nSPS) is 16.4. The molecular formula is C15H11N3O2S. The van der Waals surface area contributed by atoms with Crippen LogP contribution in [0.3, 0.4) is 0 Å². The van der Waals surface area contributed by atoms with E-state index in [1.54, 1.807) is 6.08 Å². The summed E-state index contributed by atoms with van der Waals surface area (Å²) in [6.45, 7) is 0.596. The van der Waals surface area contributed by atoms with Gasteiger partial charge in [0.25, 0.3) is 11.1 Å². The van der Waals surface area contributed by atoms with E-state index in [2.05, 4.69) is 11.4 Å². The topological polar surface area (TPSA) is 74.9 Å². The number of aromatic nitrogens is 1. The number of amides is 2. The van der Waals surface area contributed by atoms with Gasteiger partial charge in [-0.3, -0.25) is 14.9 Å². The average molecular weight is 297 g/mol. The van der Waals surface area contributed by atoms with Gasteiger partial charge < -0.3 is 4.57 Å². The van der Waals surface area contributed by atoms with Crippen molar-refractivity contribution in [2.75, 3.05) is 0 Å². The Morgan fingerprint density at radius 2 is 2.14 bits per heavy atom. The summed E-state index contributed by atoms with van der Waals surface area (Å²) in [7, 11) is 0. The zero-order chi connectivity index (χ0) is 14.8. The quantitative estimate of drug-likeness (QED) is 0.884. The van der Waals surface area contributed by atoms with Gasteiger partial charge in [0.05, 0.1) is 17.4 Å². The van der Waals surface area contributed by atoms with Crippen molar-refractivity contribution in [2.45, 2.75) is 13.0 Å². The molecule has 0 radical (unpaired) electrons. The van der Waals surface area contributed by atoms with E-state index in [0.717, 1.165) is 28.2 Å². The lowest BCUT2D eigenvalue weighted by Crippen LogP contribution is -2.17. The molecule has 104 valence electrons. The van der Waals surface area contributed by atoms with Crippen molar-refractivity contribution < 1.29 is 9.59 Å². The van der Waals surface area contributed by atoms with Crippen LogP contribution in [0.15, 0.2) is 35.4 Å². The number of nitrogens with one attached hydrogen (secondary N) is 1. The number of nitrogens with zero attached hydrogens (tertiary/aromatic N) is 2. The van der Waals surface area contributed by atoms with E-state index in [0.29, 0.717) is 17.9 Å². The van der Waals surface area contributed by atoms with E-state index in [1.807, 2.05) is 35.0 Å². The number of imide groups is 1. The second-order valence-electron chi connectivity index (χ2n) is 4.56. The van der Waals surface area contributed by atoms with Gasteiger partial charge in [0.15, 0.2) is 0 Å². The van der Waals surface area contributed by atoms with Crippen LogP contribution in [0.4, 0.5) is 4.79 Å². The van der Waals surface area contributed by atoms with E-state index in [-0.39, 0.29) is 11.1 Å². The van der Waals surface area contributed by atoms with Crippen molar-refractivity contribution in [3.8, 4) is 6.07 Å². The molecule has 1 fully saturated rings. The van der Waals surface area contributed by atoms with Crippen molar-refractivity contribution in [3.63, 3.8) is 0 Å². The molecule has 21 heavy (non-hydrogen) atoms. The Kier molecular flexibility index (Phi) is 3.50. The highest BCUT2D eigenvalue weighted by atomic mass is 32.2. The van der Waals surface area contributed by atoms with Crippen LogP contribution in [0.25, 0.3) is 17.0 Å². The zero-order valence-electron chi connectivity index (χ0n) is 11.0. The fourth-order valence-electron chi connectivity index (χ4n) is 2.31. The van der Waals surface area contributed by atoms with Gasteiger partial charge in [-0.05, 0) is 23.9 Å². The van der Waals surface area contributed by atoms with Gasteiger partial charge in [0, 0.05) is 29.2 Å². The molecule has 1 aromatic heterocycles. The molecule has 0 saturated carbocycles. The van der Waals surface area contributed by atoms with Crippen LogP contribution in [-0.2, 0) is 11.3 Å². The lowest BCUT2D eigenvalue weighted by atomic mass is 10.1. The number of benzene rings is 1. The zero-order valence-corrected chi connectivity index (χ0v) is 11.8. The smallest absolute Gasteiger partial charge is 0.290 e. The van der Waals surface area contributed by atoms with Crippen LogP contribution in [0, 0.1) is 11.3 Å². The van der Waals surface area contributed by atoms with Crippen molar-refractivity contribution >= 4 is 39.9 Å². The molecule has 0 bridgehead atoms. The molecule has 0 atom stereocenters. The fraction of sp³-hybridized carbons (Fsp3) is 0.133. The third kappa shape index (κ3) is 2.56. The molecule has 2 aromatic rings. The van der Waals surface area contributed by atoms with Gasteiger partial charge in [0.1, 0.15) is 0 Å². The van der Waals surface area contributed by atoms with E-state index in [1.165, 1.54) is 0 Å². The number of carbonyl (C=O) groups excluding carboxylic acids is 2. The van der Waals surface area contributed by atoms with Crippen LogP contribution in [0.2, 0.25) is 0 Å². The van der Waals surface area contributed by atoms with Gasteiger partial charge in [-0.2, -0.15) is 5.26 Å². The predicted octanol–water partition coefficient (Wildman–Crippen LogP) is 2.88. The van der Waals surface area contributed by atoms with Crippen LogP contribution >= 0.6 is 11.8 Å². The molecule has 1 N–H and O–H groups in total. The molecule has 1 saturated heterocycles. The number of hydrogen-bond acceptors (Lipinski definition) is 4. The van der Waals surface area contributed by atoms with Crippen LogP contribution in [0.1, 0.15) is 12.0 Å². The monoisotopic (exact) mass is 297 g/mol. The Morgan fingerprint density at radius 1 is 1.33 bits per heavy atom. The van der Waals surface area contributed by atoms with Crippen molar-refractivity contribution in [1.82, 2.24) is 9.88 Å². The average Bonchev–Trinajstić information content (AvgIpc) is 2.98. The maximum absolute atomic E-state index is 11.6. The highest BCUT2D eigenvalue weighted by Crippen LogP contribution is 2.29. The molecule has 0 spiro atoms. The van der Waals surface area contributed by atoms with Crippen molar-refractivity contribution in [1.29, 1.82) is 5.26 Å². The van der Waals surface area contributed by atoms with E-state index >= 15 is 0 Å². The SMILES string of the molecule is N#CCCn1cc(/C=C2/SC(=O)NC2=O)c2ccccc21. The third-order valence-corrected chi connectivity index (χ3v) is 4.02. The highest BCUT2D eigenvalue weighted by Gasteiger charge is 2.25. The number of nitriles is 1. The summed E-state index contributed by atoms with van der Waals surface area (Å²) >= 11 is 0.904. The summed E-state index contributed by atoms with van der Waals surface area (Å²) in [6, 6.07) is 9.92. The molecule has 1 aromatic carbocycles. The Bertz CT molecular complexity index is 814. The minimum Gasteiger partial charge on any atom is -0.346 e. The summed E-state index contributed by atoms with van der Waals surface area (Å²) < 4.78 is 1.99. The van der Waals surface area contributed by atoms with Crippen LogP contribution < -0.4 is 5.32 Å². The summed E-state index contributed by atoms with van der Waals surface area (Å²) in [6.07, 6.45) is 4.05. The van der Waals surface area contributed by atoms with Gasteiger partial charge in [-0.1, -0.05) is 18.2 Å². The highest BCUT2D eigenvalue weighted by molar-refractivity contribution is 8.18. The molecule has 1 aliphatic rings. The first-order chi connectivity index (χ1) is 10.2. The first kappa shape index (κ1) is 13.5. The number of fused-ring (bicyclic) bond motifs is 1. The van der Waals surface area contributed by atoms with E-state index < -0.39 is 0 Å². The van der Waals surface area contributed by atoms with Crippen molar-refractivity contribution in [2.24, 2.45) is 0 Å². The molecule has 2 heterocycles. The lowest BCUT2D eigenvalue weighted by Gasteiger charge is -2.00. The van der Waals surface area contributed by atoms with Crippen LogP contribution in [-0.4, -0.2) is 15.7 Å². The molecule has 5 nitrogen and oxygen atoms in total. The van der Waals surface area contributed by atoms with Gasteiger partial charge in [0.2, 0.25) is 0 Å². The Balaban J connectivity index is 2.07. The summed E-state index contributed by atoms with van der Waals surface area (Å²) in [5.74, 6) is -0.362. The molecule has 0 aliphatic carbocycles. The Morgan fingerprint density at radius 3 is 2.86 bits per heavy atom. The lowest BCUT2D eigenvalue weighted by molar-refractivity contribution is -0.115. The number of rotatable bonds is 3. The minimum atomic E-state index is -0.362. The van der Waals surface area contributed by atoms with Gasteiger partial charge in [-0.25, -0.2) is 0 Å². The van der Waals surface area contributed by atoms with Crippen molar-refractivity contribution in [3.05, 3.63) is 40.9 Å². The predicted molar refractivity (Wildman–Crippen MR) is 81.3 cm³/mol. The maximum atomic E-state index is 11.6. The molecule has 3 rings (SSSR count). The second kappa shape index (κ2) is 5.46. The first-order valence-corrected chi connectivity index (χ1v) is 7.20. The number of aryl methyl sites for hydroxylation is 1. The minimum absolute atomic E-state index is 0.348. The van der Waals surface area contributed by atoms with Crippen LogP contribution in [0.5, 0.6) is 0 Å². The second-order valence-corrected chi connectivity index (χ2v) is 5.57. The Hall–Kier alpha value is -2.52. The maximum Gasteiger partial charge on any atom is 0.290 e. The molecule has 1 aliphatic heterocycles. The number of para-hydroxylation sites is 1. The van der Waals surface area contributed by atoms with E-state index in [4.69, 9.17) is 5.26 Å². The first-order valence-electron chi connectivity index (χ1n) is 6.39. The summed E-state index contributed by atoms with van der Waals surface area (Å²) in [4.78, 5) is 23.2. The summed E-state index contributed by atoms with van der Waals surface area (Å²) in [5, 5.41) is 11.6. The van der Waals surface area contributed by atoms with E-state index in [9.17, 15) is 9.59 Å². The molecule has 0 unspecified atom stereocenters. The number of carbonyl (C=O) groups is 2. The number of thioether (sulfide) groups is 1. The van der Waals surface area contributed by atoms with Gasteiger partial charge >= 0.3 is 0 Å². The number of hydrogen-bond donors (Lipinski definition) is 1. The summed E-state index contributed by atoms with van der Waals surface area (Å²) in [5.41, 5.74) is 1.88.